The molecule has 0 aliphatic rings. The molecule has 216 valence electrons. The number of aliphatic carboxylic acids is 1. The summed E-state index contributed by atoms with van der Waals surface area (Å²) in [5.41, 5.74) is 0. The number of hydrogen-bond donors (Lipinski definition) is 4. The van der Waals surface area contributed by atoms with Crippen LogP contribution in [0, 0.1) is 0 Å². The lowest BCUT2D eigenvalue weighted by atomic mass is 10.3. The van der Waals surface area contributed by atoms with E-state index in [1.165, 1.54) is 11.8 Å². The first-order chi connectivity index (χ1) is 17.6. The van der Waals surface area contributed by atoms with Crippen LogP contribution in [0.25, 0.3) is 0 Å². The van der Waals surface area contributed by atoms with E-state index in [2.05, 4.69) is 16.0 Å². The first-order valence-corrected chi connectivity index (χ1v) is 13.6. The summed E-state index contributed by atoms with van der Waals surface area (Å²) < 4.78 is 21.5. The Morgan fingerprint density at radius 2 is 1.24 bits per heavy atom. The number of carboxylic acids is 1. The Morgan fingerprint density at radius 3 is 1.76 bits per heavy atom. The minimum absolute atomic E-state index is 0.0276. The fourth-order valence-corrected chi connectivity index (χ4v) is 3.88. The van der Waals surface area contributed by atoms with Crippen LogP contribution in [0.3, 0.4) is 0 Å². The molecular formula is C24H45N3O9S. The highest BCUT2D eigenvalue weighted by Crippen LogP contribution is 2.20. The van der Waals surface area contributed by atoms with Crippen LogP contribution in [0.5, 0.6) is 0 Å². The minimum atomic E-state index is -1.04. The number of amides is 3. The maximum Gasteiger partial charge on any atom is 0.305 e. The summed E-state index contributed by atoms with van der Waals surface area (Å²) in [6, 6.07) is 0.126. The summed E-state index contributed by atoms with van der Waals surface area (Å²) in [4.78, 5) is 46.4. The largest absolute Gasteiger partial charge is 0.481 e. The standard InChI is InChI=1S/C24H45N3O9S/c1-18(2)27-22(29)6-9-33-11-13-35-15-16-36-14-12-34-10-8-25-21(28)5-7-26-24(32)20(17-23(30)31)37-19(3)4/h18-20H,5-17H2,1-4H3,(H,25,28)(H,26,32)(H,27,29)(H,30,31). The first-order valence-electron chi connectivity index (χ1n) is 12.6. The SMILES string of the molecule is CC(C)NC(=O)CCOCCOCCOCCOCCNC(=O)CCNC(=O)C(CC(=O)O)SC(C)C. The van der Waals surface area contributed by atoms with Crippen LogP contribution in [-0.2, 0) is 38.1 Å². The Balaban J connectivity index is 3.53. The molecule has 0 spiro atoms. The van der Waals surface area contributed by atoms with Crippen molar-refractivity contribution in [3.63, 3.8) is 0 Å². The van der Waals surface area contributed by atoms with Crippen molar-refractivity contribution in [3.8, 4) is 0 Å². The van der Waals surface area contributed by atoms with Crippen LogP contribution in [-0.4, -0.2) is 111 Å². The van der Waals surface area contributed by atoms with Gasteiger partial charge < -0.3 is 40.0 Å². The normalized spacial score (nSPS) is 11.9. The van der Waals surface area contributed by atoms with Crippen molar-refractivity contribution < 1.29 is 43.2 Å². The van der Waals surface area contributed by atoms with Gasteiger partial charge in [-0.3, -0.25) is 19.2 Å². The quantitative estimate of drug-likeness (QED) is 0.125. The van der Waals surface area contributed by atoms with Gasteiger partial charge in [-0.15, -0.1) is 11.8 Å². The second-order valence-corrected chi connectivity index (χ2v) is 10.4. The van der Waals surface area contributed by atoms with Crippen molar-refractivity contribution in [3.05, 3.63) is 0 Å². The van der Waals surface area contributed by atoms with Crippen LogP contribution in [0.1, 0.15) is 47.0 Å². The summed E-state index contributed by atoms with van der Waals surface area (Å²) >= 11 is 1.29. The molecule has 0 aromatic rings. The second kappa shape index (κ2) is 23.2. The number of hydrogen-bond acceptors (Lipinski definition) is 9. The van der Waals surface area contributed by atoms with Gasteiger partial charge in [-0.2, -0.15) is 0 Å². The van der Waals surface area contributed by atoms with E-state index < -0.39 is 11.2 Å². The molecular weight excluding hydrogens is 506 g/mol. The Hall–Kier alpha value is -1.93. The topological polar surface area (TPSA) is 162 Å². The molecule has 0 fully saturated rings. The molecule has 0 aliphatic heterocycles. The number of carbonyl (C=O) groups excluding carboxylic acids is 3. The van der Waals surface area contributed by atoms with Gasteiger partial charge in [-0.1, -0.05) is 13.8 Å². The van der Waals surface area contributed by atoms with Gasteiger partial charge in [0.15, 0.2) is 0 Å². The smallest absolute Gasteiger partial charge is 0.305 e. The Kier molecular flexibility index (Phi) is 22.0. The fraction of sp³-hybridized carbons (Fsp3) is 0.833. The molecule has 1 atom stereocenters. The molecule has 0 radical (unpaired) electrons. The van der Waals surface area contributed by atoms with E-state index in [9.17, 15) is 19.2 Å². The Morgan fingerprint density at radius 1 is 0.703 bits per heavy atom. The predicted molar refractivity (Wildman–Crippen MR) is 141 cm³/mol. The highest BCUT2D eigenvalue weighted by Gasteiger charge is 2.23. The molecule has 0 rings (SSSR count). The maximum atomic E-state index is 12.2. The van der Waals surface area contributed by atoms with E-state index in [1.54, 1.807) is 0 Å². The number of carboxylic acid groups (broad SMARTS) is 1. The third-order valence-electron chi connectivity index (χ3n) is 4.35. The van der Waals surface area contributed by atoms with Crippen molar-refractivity contribution in [2.45, 2.75) is 63.5 Å². The highest BCUT2D eigenvalue weighted by atomic mass is 32.2. The van der Waals surface area contributed by atoms with Gasteiger partial charge >= 0.3 is 5.97 Å². The lowest BCUT2D eigenvalue weighted by molar-refractivity contribution is -0.138. The summed E-state index contributed by atoms with van der Waals surface area (Å²) in [5.74, 6) is -1.67. The zero-order valence-corrected chi connectivity index (χ0v) is 23.4. The zero-order valence-electron chi connectivity index (χ0n) is 22.5. The van der Waals surface area contributed by atoms with Crippen LogP contribution in [0.2, 0.25) is 0 Å². The third kappa shape index (κ3) is 24.2. The van der Waals surface area contributed by atoms with E-state index >= 15 is 0 Å². The number of rotatable bonds is 24. The van der Waals surface area contributed by atoms with Gasteiger partial charge in [0, 0.05) is 32.0 Å². The number of carbonyl (C=O) groups is 4. The zero-order chi connectivity index (χ0) is 27.9. The van der Waals surface area contributed by atoms with Crippen LogP contribution in [0.15, 0.2) is 0 Å². The summed E-state index contributed by atoms with van der Waals surface area (Å²) in [6.45, 7) is 11.2. The van der Waals surface area contributed by atoms with Gasteiger partial charge in [-0.25, -0.2) is 0 Å². The minimum Gasteiger partial charge on any atom is -0.481 e. The molecule has 3 amide bonds. The molecule has 0 aromatic carbocycles. The molecule has 12 nitrogen and oxygen atoms in total. The molecule has 1 unspecified atom stereocenters. The molecule has 0 aliphatic carbocycles. The van der Waals surface area contributed by atoms with Crippen LogP contribution in [0.4, 0.5) is 0 Å². The van der Waals surface area contributed by atoms with Gasteiger partial charge in [-0.05, 0) is 19.1 Å². The van der Waals surface area contributed by atoms with Crippen molar-refractivity contribution in [1.82, 2.24) is 16.0 Å². The van der Waals surface area contributed by atoms with Crippen molar-refractivity contribution in [1.29, 1.82) is 0 Å². The molecule has 0 bridgehead atoms. The summed E-state index contributed by atoms with van der Waals surface area (Å²) in [5, 5.41) is 16.5. The Bertz CT molecular complexity index is 651. The molecule has 0 saturated heterocycles. The summed E-state index contributed by atoms with van der Waals surface area (Å²) in [7, 11) is 0. The van der Waals surface area contributed by atoms with Gasteiger partial charge in [0.1, 0.15) is 0 Å². The van der Waals surface area contributed by atoms with E-state index in [-0.39, 0.29) is 48.4 Å². The monoisotopic (exact) mass is 551 g/mol. The van der Waals surface area contributed by atoms with E-state index in [0.717, 1.165) is 0 Å². The van der Waals surface area contributed by atoms with Crippen molar-refractivity contribution in [2.24, 2.45) is 0 Å². The van der Waals surface area contributed by atoms with E-state index in [0.29, 0.717) is 65.8 Å². The fourth-order valence-electron chi connectivity index (χ4n) is 2.77. The molecule has 4 N–H and O–H groups in total. The molecule has 0 aromatic heterocycles. The van der Waals surface area contributed by atoms with Gasteiger partial charge in [0.05, 0.1) is 64.5 Å². The third-order valence-corrected chi connectivity index (χ3v) is 5.60. The van der Waals surface area contributed by atoms with Gasteiger partial charge in [0.25, 0.3) is 0 Å². The molecule has 37 heavy (non-hydrogen) atoms. The lowest BCUT2D eigenvalue weighted by Crippen LogP contribution is -2.37. The highest BCUT2D eigenvalue weighted by molar-refractivity contribution is 8.01. The lowest BCUT2D eigenvalue weighted by Gasteiger charge is -2.16. The van der Waals surface area contributed by atoms with E-state index in [1.807, 2.05) is 27.7 Å². The maximum absolute atomic E-state index is 12.2. The van der Waals surface area contributed by atoms with Crippen molar-refractivity contribution in [2.75, 3.05) is 65.9 Å². The molecule has 13 heteroatoms. The average Bonchev–Trinajstić information content (AvgIpc) is 2.80. The summed E-state index contributed by atoms with van der Waals surface area (Å²) in [6.07, 6.45) is 0.169. The first kappa shape index (κ1) is 35.1. The number of thioether (sulfide) groups is 1. The van der Waals surface area contributed by atoms with E-state index in [4.69, 9.17) is 24.1 Å². The van der Waals surface area contributed by atoms with Gasteiger partial charge in [0.2, 0.25) is 17.7 Å². The number of nitrogens with one attached hydrogen (secondary N) is 3. The second-order valence-electron chi connectivity index (χ2n) is 8.58. The number of ether oxygens (including phenoxy) is 4. The Labute approximate surface area is 224 Å². The van der Waals surface area contributed by atoms with Crippen LogP contribution >= 0.6 is 11.8 Å². The van der Waals surface area contributed by atoms with Crippen LogP contribution < -0.4 is 16.0 Å². The average molecular weight is 552 g/mol. The molecule has 0 heterocycles. The van der Waals surface area contributed by atoms with Crippen molar-refractivity contribution >= 4 is 35.5 Å². The predicted octanol–water partition coefficient (Wildman–Crippen LogP) is 0.575. The molecule has 0 saturated carbocycles.